The van der Waals surface area contributed by atoms with Gasteiger partial charge in [0.1, 0.15) is 0 Å². The maximum Gasteiger partial charge on any atom is 0.272 e. The molecule has 0 unspecified atom stereocenters. The molecule has 1 aliphatic rings. The minimum absolute atomic E-state index is 0.0807. The van der Waals surface area contributed by atoms with E-state index in [1.54, 1.807) is 18.2 Å². The zero-order valence-electron chi connectivity index (χ0n) is 12.3. The molecule has 24 heavy (non-hydrogen) atoms. The maximum absolute atomic E-state index is 12.1. The first-order valence-corrected chi connectivity index (χ1v) is 8.35. The number of hydrazone groups is 1. The van der Waals surface area contributed by atoms with Gasteiger partial charge in [0.05, 0.1) is 16.7 Å². The van der Waals surface area contributed by atoms with Gasteiger partial charge in [0, 0.05) is 0 Å². The Labute approximate surface area is 137 Å². The molecule has 8 nitrogen and oxygen atoms in total. The van der Waals surface area contributed by atoms with Crippen LogP contribution in [-0.2, 0) is 10.0 Å². The number of ether oxygens (including phenoxy) is 2. The standard InChI is InChI=1S/C15H13N3O5S/c16-24(20,21)14-4-2-1-3-11(14)15(19)18-17-8-10-5-6-12-13(7-10)23-9-22-12/h1-8H,9H2,(H,18,19)(H2,16,20,21)/b17-8+. The number of primary sulfonamides is 1. The highest BCUT2D eigenvalue weighted by Gasteiger charge is 2.18. The number of hydrogen-bond donors (Lipinski definition) is 2. The SMILES string of the molecule is NS(=O)(=O)c1ccccc1C(=O)N/N=C/c1ccc2c(c1)OCO2. The monoisotopic (exact) mass is 347 g/mol. The molecule has 2 aromatic rings. The minimum atomic E-state index is -4.01. The Kier molecular flexibility index (Phi) is 4.19. The highest BCUT2D eigenvalue weighted by atomic mass is 32.2. The van der Waals surface area contributed by atoms with Gasteiger partial charge in [0.15, 0.2) is 11.5 Å². The number of carbonyl (C=O) groups is 1. The van der Waals surface area contributed by atoms with Crippen LogP contribution in [-0.4, -0.2) is 27.3 Å². The molecule has 0 spiro atoms. The van der Waals surface area contributed by atoms with Gasteiger partial charge in [-0.2, -0.15) is 5.10 Å². The van der Waals surface area contributed by atoms with Crippen LogP contribution in [0.15, 0.2) is 52.5 Å². The fourth-order valence-electron chi connectivity index (χ4n) is 2.12. The number of carbonyl (C=O) groups excluding carboxylic acids is 1. The molecule has 124 valence electrons. The molecule has 0 atom stereocenters. The van der Waals surface area contributed by atoms with Crippen molar-refractivity contribution < 1.29 is 22.7 Å². The molecular formula is C15H13N3O5S. The van der Waals surface area contributed by atoms with Crippen LogP contribution in [0.1, 0.15) is 15.9 Å². The summed E-state index contributed by atoms with van der Waals surface area (Å²) in [7, 11) is -4.01. The summed E-state index contributed by atoms with van der Waals surface area (Å²) in [6, 6.07) is 10.8. The van der Waals surface area contributed by atoms with E-state index >= 15 is 0 Å². The van der Waals surface area contributed by atoms with E-state index in [4.69, 9.17) is 14.6 Å². The van der Waals surface area contributed by atoms with Crippen LogP contribution in [0, 0.1) is 0 Å². The van der Waals surface area contributed by atoms with E-state index < -0.39 is 15.9 Å². The first-order valence-electron chi connectivity index (χ1n) is 6.80. The number of rotatable bonds is 4. The largest absolute Gasteiger partial charge is 0.454 e. The van der Waals surface area contributed by atoms with Crippen molar-refractivity contribution in [3.8, 4) is 11.5 Å². The third-order valence-electron chi connectivity index (χ3n) is 3.21. The smallest absolute Gasteiger partial charge is 0.272 e. The van der Waals surface area contributed by atoms with Gasteiger partial charge < -0.3 is 9.47 Å². The summed E-state index contributed by atoms with van der Waals surface area (Å²) in [5.74, 6) is 0.541. The van der Waals surface area contributed by atoms with Crippen LogP contribution < -0.4 is 20.0 Å². The normalized spacial score (nSPS) is 13.2. The van der Waals surface area contributed by atoms with Crippen molar-refractivity contribution in [2.24, 2.45) is 10.2 Å². The predicted molar refractivity (Wildman–Crippen MR) is 85.4 cm³/mol. The third kappa shape index (κ3) is 3.36. The molecule has 0 saturated carbocycles. The van der Waals surface area contributed by atoms with Gasteiger partial charge in [0.2, 0.25) is 16.8 Å². The number of hydrogen-bond acceptors (Lipinski definition) is 6. The second kappa shape index (κ2) is 6.30. The number of amides is 1. The Morgan fingerprint density at radius 3 is 2.71 bits per heavy atom. The third-order valence-corrected chi connectivity index (χ3v) is 4.18. The van der Waals surface area contributed by atoms with Crippen LogP contribution in [0.2, 0.25) is 0 Å². The van der Waals surface area contributed by atoms with Crippen LogP contribution in [0.25, 0.3) is 0 Å². The van der Waals surface area contributed by atoms with E-state index in [2.05, 4.69) is 10.5 Å². The lowest BCUT2D eigenvalue weighted by Gasteiger charge is -2.05. The van der Waals surface area contributed by atoms with Crippen molar-refractivity contribution in [1.82, 2.24) is 5.43 Å². The summed E-state index contributed by atoms with van der Waals surface area (Å²) in [5.41, 5.74) is 2.87. The first-order chi connectivity index (χ1) is 11.4. The molecular weight excluding hydrogens is 334 g/mol. The number of nitrogens with one attached hydrogen (secondary N) is 1. The summed E-state index contributed by atoms with van der Waals surface area (Å²) in [6.45, 7) is 0.164. The molecule has 1 aliphatic heterocycles. The van der Waals surface area contributed by atoms with E-state index in [0.29, 0.717) is 17.1 Å². The molecule has 1 amide bonds. The van der Waals surface area contributed by atoms with Gasteiger partial charge in [-0.15, -0.1) is 0 Å². The predicted octanol–water partition coefficient (Wildman–Crippen LogP) is 0.827. The molecule has 1 heterocycles. The fraction of sp³-hybridized carbons (Fsp3) is 0.0667. The van der Waals surface area contributed by atoms with E-state index in [-0.39, 0.29) is 17.3 Å². The number of nitrogens with two attached hydrogens (primary N) is 1. The van der Waals surface area contributed by atoms with Crippen molar-refractivity contribution in [2.75, 3.05) is 6.79 Å². The molecule has 3 rings (SSSR count). The van der Waals surface area contributed by atoms with Crippen LogP contribution in [0.3, 0.4) is 0 Å². The number of sulfonamides is 1. The van der Waals surface area contributed by atoms with Crippen LogP contribution in [0.4, 0.5) is 0 Å². The minimum Gasteiger partial charge on any atom is -0.454 e. The number of nitrogens with zero attached hydrogens (tertiary/aromatic N) is 1. The summed E-state index contributed by atoms with van der Waals surface area (Å²) in [6.07, 6.45) is 1.40. The van der Waals surface area contributed by atoms with E-state index in [1.165, 1.54) is 30.5 Å². The second-order valence-electron chi connectivity index (χ2n) is 4.85. The van der Waals surface area contributed by atoms with Gasteiger partial charge in [-0.05, 0) is 35.9 Å². The van der Waals surface area contributed by atoms with Gasteiger partial charge in [-0.25, -0.2) is 19.0 Å². The topological polar surface area (TPSA) is 120 Å². The van der Waals surface area contributed by atoms with Gasteiger partial charge in [-0.1, -0.05) is 12.1 Å². The Morgan fingerprint density at radius 1 is 1.17 bits per heavy atom. The zero-order chi connectivity index (χ0) is 17.2. The molecule has 9 heteroatoms. The fourth-order valence-corrected chi connectivity index (χ4v) is 2.86. The molecule has 0 aliphatic carbocycles. The summed E-state index contributed by atoms with van der Waals surface area (Å²) in [4.78, 5) is 11.8. The molecule has 3 N–H and O–H groups in total. The van der Waals surface area contributed by atoms with Gasteiger partial charge in [-0.3, -0.25) is 4.79 Å². The zero-order valence-corrected chi connectivity index (χ0v) is 13.1. The van der Waals surface area contributed by atoms with Gasteiger partial charge >= 0.3 is 0 Å². The van der Waals surface area contributed by atoms with E-state index in [1.807, 2.05) is 0 Å². The first kappa shape index (κ1) is 16.0. The Balaban J connectivity index is 1.74. The van der Waals surface area contributed by atoms with Crippen LogP contribution >= 0.6 is 0 Å². The lowest BCUT2D eigenvalue weighted by atomic mass is 10.2. The van der Waals surface area contributed by atoms with Crippen molar-refractivity contribution in [3.05, 3.63) is 53.6 Å². The van der Waals surface area contributed by atoms with Crippen molar-refractivity contribution in [3.63, 3.8) is 0 Å². The van der Waals surface area contributed by atoms with Gasteiger partial charge in [0.25, 0.3) is 5.91 Å². The average Bonchev–Trinajstić information content (AvgIpc) is 3.01. The average molecular weight is 347 g/mol. The van der Waals surface area contributed by atoms with E-state index in [0.717, 1.165) is 0 Å². The Hall–Kier alpha value is -2.91. The summed E-state index contributed by atoms with van der Waals surface area (Å²) >= 11 is 0. The molecule has 0 saturated heterocycles. The highest BCUT2D eigenvalue weighted by molar-refractivity contribution is 7.89. The van der Waals surface area contributed by atoms with E-state index in [9.17, 15) is 13.2 Å². The Morgan fingerprint density at radius 2 is 1.92 bits per heavy atom. The highest BCUT2D eigenvalue weighted by Crippen LogP contribution is 2.31. The lowest BCUT2D eigenvalue weighted by molar-refractivity contribution is 0.0952. The number of fused-ring (bicyclic) bond motifs is 1. The second-order valence-corrected chi connectivity index (χ2v) is 6.38. The summed E-state index contributed by atoms with van der Waals surface area (Å²) < 4.78 is 33.4. The van der Waals surface area contributed by atoms with Crippen molar-refractivity contribution in [2.45, 2.75) is 4.90 Å². The maximum atomic E-state index is 12.1. The van der Waals surface area contributed by atoms with Crippen molar-refractivity contribution in [1.29, 1.82) is 0 Å². The number of benzene rings is 2. The van der Waals surface area contributed by atoms with Crippen molar-refractivity contribution >= 4 is 22.1 Å². The molecule has 2 aromatic carbocycles. The quantitative estimate of drug-likeness (QED) is 0.627. The molecule has 0 aromatic heterocycles. The Bertz CT molecular complexity index is 924. The lowest BCUT2D eigenvalue weighted by Crippen LogP contribution is -2.23. The summed E-state index contributed by atoms with van der Waals surface area (Å²) in [5, 5.41) is 8.91. The molecule has 0 fully saturated rings. The van der Waals surface area contributed by atoms with Crippen LogP contribution in [0.5, 0.6) is 11.5 Å². The molecule has 0 bridgehead atoms. The molecule has 0 radical (unpaired) electrons.